The number of hydrogen-bond donors (Lipinski definition) is 4. The van der Waals surface area contributed by atoms with Crippen LogP contribution >= 0.6 is 0 Å². The Balaban J connectivity index is 1.26. The van der Waals surface area contributed by atoms with E-state index in [1.54, 1.807) is 6.07 Å². The van der Waals surface area contributed by atoms with E-state index in [1.165, 1.54) is 28.0 Å². The number of nitrogens with one attached hydrogen (secondary N) is 1. The molecule has 0 bridgehead atoms. The Labute approximate surface area is 199 Å². The van der Waals surface area contributed by atoms with Gasteiger partial charge in [0.15, 0.2) is 23.2 Å². The zero-order valence-electron chi connectivity index (χ0n) is 18.7. The van der Waals surface area contributed by atoms with Gasteiger partial charge in [-0.3, -0.25) is 9.36 Å². The Bertz CT molecular complexity index is 1360. The van der Waals surface area contributed by atoms with Crippen LogP contribution in [-0.4, -0.2) is 76.1 Å². The van der Waals surface area contributed by atoms with Crippen LogP contribution in [-0.2, 0) is 11.3 Å². The molecule has 35 heavy (non-hydrogen) atoms. The molecule has 0 aliphatic carbocycles. The summed E-state index contributed by atoms with van der Waals surface area (Å²) in [4.78, 5) is 25.1. The van der Waals surface area contributed by atoms with E-state index in [1.807, 2.05) is 30.3 Å². The van der Waals surface area contributed by atoms with Crippen molar-refractivity contribution in [2.24, 2.45) is 0 Å². The molecular weight excluding hydrogens is 454 g/mol. The van der Waals surface area contributed by atoms with Crippen LogP contribution in [0.25, 0.3) is 22.4 Å². The lowest BCUT2D eigenvalue weighted by Gasteiger charge is -2.16. The van der Waals surface area contributed by atoms with Crippen molar-refractivity contribution in [3.8, 4) is 11.3 Å². The fourth-order valence-electron chi connectivity index (χ4n) is 4.08. The minimum atomic E-state index is -1.24. The SMILES string of the molecule is O=c1ccc(-c2ccccc2)nn1CCCNc1ncnc2c1ncn2[C@@H]1O[C@H](CO)[C@@H](O)[C@H]1O. The van der Waals surface area contributed by atoms with Gasteiger partial charge in [0.25, 0.3) is 5.56 Å². The minimum Gasteiger partial charge on any atom is -0.394 e. The van der Waals surface area contributed by atoms with Crippen LogP contribution in [0.5, 0.6) is 0 Å². The lowest BCUT2D eigenvalue weighted by molar-refractivity contribution is -0.0511. The van der Waals surface area contributed by atoms with E-state index in [0.717, 1.165) is 11.3 Å². The predicted octanol–water partition coefficient (Wildman–Crippen LogP) is 0.164. The Hall–Kier alpha value is -3.71. The maximum atomic E-state index is 12.2. The van der Waals surface area contributed by atoms with Crippen molar-refractivity contribution in [2.75, 3.05) is 18.5 Å². The van der Waals surface area contributed by atoms with Gasteiger partial charge in [-0.25, -0.2) is 19.6 Å². The topological polar surface area (TPSA) is 160 Å². The maximum absolute atomic E-state index is 12.2. The summed E-state index contributed by atoms with van der Waals surface area (Å²) >= 11 is 0. The summed E-state index contributed by atoms with van der Waals surface area (Å²) in [7, 11) is 0. The first kappa shape index (κ1) is 23.1. The molecule has 4 heterocycles. The molecule has 1 saturated heterocycles. The Kier molecular flexibility index (Phi) is 6.51. The van der Waals surface area contributed by atoms with E-state index in [9.17, 15) is 20.1 Å². The highest BCUT2D eigenvalue weighted by atomic mass is 16.6. The first-order valence-electron chi connectivity index (χ1n) is 11.2. The number of aliphatic hydroxyl groups is 3. The summed E-state index contributed by atoms with van der Waals surface area (Å²) in [6.07, 6.45) is -0.892. The second-order valence-electron chi connectivity index (χ2n) is 8.20. The van der Waals surface area contributed by atoms with Crippen molar-refractivity contribution < 1.29 is 20.1 Å². The molecule has 0 spiro atoms. The normalized spacial score (nSPS) is 22.0. The van der Waals surface area contributed by atoms with Crippen LogP contribution in [0.15, 0.2) is 59.9 Å². The molecule has 1 aromatic carbocycles. The second-order valence-corrected chi connectivity index (χ2v) is 8.20. The third kappa shape index (κ3) is 4.51. The zero-order chi connectivity index (χ0) is 24.4. The zero-order valence-corrected chi connectivity index (χ0v) is 18.7. The van der Waals surface area contributed by atoms with Crippen molar-refractivity contribution in [3.63, 3.8) is 0 Å². The number of imidazole rings is 1. The average molecular weight is 479 g/mol. The third-order valence-electron chi connectivity index (χ3n) is 5.93. The van der Waals surface area contributed by atoms with Crippen LogP contribution in [0.4, 0.5) is 5.82 Å². The highest BCUT2D eigenvalue weighted by Crippen LogP contribution is 2.32. The number of nitrogens with zero attached hydrogens (tertiary/aromatic N) is 6. The summed E-state index contributed by atoms with van der Waals surface area (Å²) in [5, 5.41) is 37.4. The summed E-state index contributed by atoms with van der Waals surface area (Å²) in [6.45, 7) is 0.490. The lowest BCUT2D eigenvalue weighted by Crippen LogP contribution is -2.33. The van der Waals surface area contributed by atoms with Crippen LogP contribution in [0.1, 0.15) is 12.6 Å². The van der Waals surface area contributed by atoms with E-state index in [0.29, 0.717) is 36.5 Å². The van der Waals surface area contributed by atoms with Gasteiger partial charge in [-0.1, -0.05) is 30.3 Å². The van der Waals surface area contributed by atoms with Crippen molar-refractivity contribution in [1.29, 1.82) is 0 Å². The quantitative estimate of drug-likeness (QED) is 0.256. The molecule has 12 heteroatoms. The molecule has 12 nitrogen and oxygen atoms in total. The monoisotopic (exact) mass is 479 g/mol. The average Bonchev–Trinajstić information content (AvgIpc) is 3.44. The fourth-order valence-corrected chi connectivity index (χ4v) is 4.08. The molecule has 3 aromatic heterocycles. The van der Waals surface area contributed by atoms with Gasteiger partial charge in [0.05, 0.1) is 18.6 Å². The van der Waals surface area contributed by atoms with Gasteiger partial charge < -0.3 is 25.4 Å². The van der Waals surface area contributed by atoms with Crippen molar-refractivity contribution in [3.05, 3.63) is 65.5 Å². The molecule has 1 fully saturated rings. The van der Waals surface area contributed by atoms with Crippen molar-refractivity contribution >= 4 is 17.0 Å². The summed E-state index contributed by atoms with van der Waals surface area (Å²) in [5.41, 5.74) is 2.36. The van der Waals surface area contributed by atoms with Gasteiger partial charge in [-0.05, 0) is 12.5 Å². The molecule has 4 aromatic rings. The molecule has 1 aliphatic rings. The molecular formula is C23H25N7O5. The number of aromatic nitrogens is 6. The Morgan fingerprint density at radius 2 is 1.86 bits per heavy atom. The number of fused-ring (bicyclic) bond motifs is 1. The molecule has 4 atom stereocenters. The molecule has 0 saturated carbocycles. The Morgan fingerprint density at radius 1 is 1.03 bits per heavy atom. The molecule has 0 amide bonds. The standard InChI is InChI=1S/C23H25N7O5/c31-11-16-19(33)20(34)23(35-16)29-13-27-18-21(25-12-26-22(18)29)24-9-4-10-30-17(32)8-7-15(28-30)14-5-2-1-3-6-14/h1-3,5-8,12-13,16,19-20,23,31,33-34H,4,9-11H2,(H,24,25,26)/t16-,19-,20-,23-/m1/s1. The number of rotatable bonds is 8. The van der Waals surface area contributed by atoms with Crippen LogP contribution in [0.3, 0.4) is 0 Å². The van der Waals surface area contributed by atoms with E-state index in [2.05, 4.69) is 25.4 Å². The maximum Gasteiger partial charge on any atom is 0.266 e. The van der Waals surface area contributed by atoms with E-state index < -0.39 is 31.1 Å². The first-order valence-corrected chi connectivity index (χ1v) is 11.2. The largest absolute Gasteiger partial charge is 0.394 e. The summed E-state index contributed by atoms with van der Waals surface area (Å²) < 4.78 is 8.53. The smallest absolute Gasteiger partial charge is 0.266 e. The number of aryl methyl sites for hydroxylation is 1. The molecule has 0 unspecified atom stereocenters. The van der Waals surface area contributed by atoms with E-state index in [4.69, 9.17) is 4.74 Å². The van der Waals surface area contributed by atoms with Crippen LogP contribution < -0.4 is 10.9 Å². The number of anilines is 1. The van der Waals surface area contributed by atoms with E-state index >= 15 is 0 Å². The van der Waals surface area contributed by atoms with Crippen LogP contribution in [0.2, 0.25) is 0 Å². The van der Waals surface area contributed by atoms with Gasteiger partial charge in [-0.15, -0.1) is 0 Å². The number of hydrogen-bond acceptors (Lipinski definition) is 10. The van der Waals surface area contributed by atoms with Gasteiger partial charge in [0, 0.05) is 24.7 Å². The van der Waals surface area contributed by atoms with E-state index in [-0.39, 0.29) is 5.56 Å². The predicted molar refractivity (Wildman–Crippen MR) is 125 cm³/mol. The fraction of sp³-hybridized carbons (Fsp3) is 0.348. The van der Waals surface area contributed by atoms with Gasteiger partial charge in [-0.2, -0.15) is 5.10 Å². The third-order valence-corrected chi connectivity index (χ3v) is 5.93. The molecule has 182 valence electrons. The highest BCUT2D eigenvalue weighted by Gasteiger charge is 2.44. The summed E-state index contributed by atoms with van der Waals surface area (Å²) in [6, 6.07) is 12.9. The van der Waals surface area contributed by atoms with Crippen molar-refractivity contribution in [2.45, 2.75) is 37.5 Å². The molecule has 1 aliphatic heterocycles. The number of ether oxygens (including phenoxy) is 1. The van der Waals surface area contributed by atoms with Gasteiger partial charge in [0.2, 0.25) is 0 Å². The lowest BCUT2D eigenvalue weighted by atomic mass is 10.1. The highest BCUT2D eigenvalue weighted by molar-refractivity contribution is 5.82. The van der Waals surface area contributed by atoms with Crippen LogP contribution in [0, 0.1) is 0 Å². The first-order chi connectivity index (χ1) is 17.1. The van der Waals surface area contributed by atoms with Crippen molar-refractivity contribution in [1.82, 2.24) is 29.3 Å². The number of benzene rings is 1. The van der Waals surface area contributed by atoms with Gasteiger partial charge >= 0.3 is 0 Å². The van der Waals surface area contributed by atoms with Gasteiger partial charge in [0.1, 0.15) is 24.6 Å². The molecule has 5 rings (SSSR count). The Morgan fingerprint density at radius 3 is 2.63 bits per heavy atom. The second kappa shape index (κ2) is 9.88. The molecule has 4 N–H and O–H groups in total. The molecule has 0 radical (unpaired) electrons. The number of aliphatic hydroxyl groups excluding tert-OH is 3. The summed E-state index contributed by atoms with van der Waals surface area (Å²) in [5.74, 6) is 0.485. The minimum absolute atomic E-state index is 0.175.